The molecule has 0 unspecified atom stereocenters. The number of rotatable bonds is 4. The van der Waals surface area contributed by atoms with Crippen LogP contribution < -0.4 is 5.56 Å². The number of aromatic hydroxyl groups is 1. The molecule has 0 amide bonds. The van der Waals surface area contributed by atoms with Crippen molar-refractivity contribution in [2.75, 3.05) is 0 Å². The summed E-state index contributed by atoms with van der Waals surface area (Å²) in [6.45, 7) is 0. The number of thioether (sulfide) groups is 1. The number of aromatic nitrogens is 3. The zero-order valence-corrected chi connectivity index (χ0v) is 16.0. The lowest BCUT2D eigenvalue weighted by atomic mass is 10.2. The Hall–Kier alpha value is -3.21. The van der Waals surface area contributed by atoms with Crippen LogP contribution in [0.25, 0.3) is 11.2 Å². The monoisotopic (exact) mass is 408 g/mol. The lowest BCUT2D eigenvalue weighted by Gasteiger charge is -2.11. The fourth-order valence-electron chi connectivity index (χ4n) is 2.93. The van der Waals surface area contributed by atoms with Crippen LogP contribution in [0, 0.1) is 11.3 Å². The van der Waals surface area contributed by atoms with Crippen LogP contribution in [-0.2, 0) is 5.75 Å². The third-order valence-corrected chi connectivity index (χ3v) is 5.43. The van der Waals surface area contributed by atoms with E-state index in [0.717, 1.165) is 17.1 Å². The second-order valence-corrected chi connectivity index (χ2v) is 7.35. The van der Waals surface area contributed by atoms with Gasteiger partial charge in [-0.2, -0.15) is 10.2 Å². The minimum atomic E-state index is -0.403. The Kier molecular flexibility index (Phi) is 4.82. The third-order valence-electron chi connectivity index (χ3n) is 4.19. The first kappa shape index (κ1) is 18.2. The first-order chi connectivity index (χ1) is 13.6. The molecule has 0 radical (unpaired) electrons. The van der Waals surface area contributed by atoms with Crippen molar-refractivity contribution in [2.24, 2.45) is 0 Å². The number of nitrogens with zero attached hydrogens (tertiary/aromatic N) is 4. The number of benzene rings is 1. The van der Waals surface area contributed by atoms with Crippen LogP contribution >= 0.6 is 23.4 Å². The Morgan fingerprint density at radius 2 is 2.00 bits per heavy atom. The second kappa shape index (κ2) is 7.43. The number of fused-ring (bicyclic) bond motifs is 1. The predicted octanol–water partition coefficient (Wildman–Crippen LogP) is 4.01. The van der Waals surface area contributed by atoms with Crippen LogP contribution in [0.2, 0.25) is 5.02 Å². The summed E-state index contributed by atoms with van der Waals surface area (Å²) in [5.41, 5.74) is 2.40. The molecule has 3 aromatic heterocycles. The molecule has 0 saturated heterocycles. The second-order valence-electron chi connectivity index (χ2n) is 5.97. The maximum atomic E-state index is 12.5. The third kappa shape index (κ3) is 3.36. The molecule has 1 N–H and O–H groups in total. The van der Waals surface area contributed by atoms with Crippen molar-refractivity contribution >= 4 is 28.9 Å². The molecule has 28 heavy (non-hydrogen) atoms. The number of pyridine rings is 1. The minimum absolute atomic E-state index is 0.325. The molecule has 6 nitrogen and oxygen atoms in total. The van der Waals surface area contributed by atoms with Crippen molar-refractivity contribution in [1.82, 2.24) is 14.0 Å². The van der Waals surface area contributed by atoms with Gasteiger partial charge in [0.05, 0.1) is 22.8 Å². The van der Waals surface area contributed by atoms with Crippen LogP contribution in [0.5, 0.6) is 5.88 Å². The quantitative estimate of drug-likeness (QED) is 0.407. The van der Waals surface area contributed by atoms with Crippen molar-refractivity contribution in [3.8, 4) is 17.6 Å². The van der Waals surface area contributed by atoms with Crippen LogP contribution in [0.1, 0.15) is 11.1 Å². The fraction of sp³-hybridized carbons (Fsp3) is 0.0500. The van der Waals surface area contributed by atoms with Crippen LogP contribution in [0.4, 0.5) is 0 Å². The first-order valence-corrected chi connectivity index (χ1v) is 9.63. The highest BCUT2D eigenvalue weighted by Crippen LogP contribution is 2.28. The normalized spacial score (nSPS) is 10.9. The molecule has 8 heteroatoms. The van der Waals surface area contributed by atoms with Crippen molar-refractivity contribution < 1.29 is 5.11 Å². The van der Waals surface area contributed by atoms with Gasteiger partial charge in [0, 0.05) is 23.2 Å². The summed E-state index contributed by atoms with van der Waals surface area (Å²) < 4.78 is 3.29. The number of hydrogen-bond acceptors (Lipinski definition) is 5. The topological polar surface area (TPSA) is 83.3 Å². The Labute approximate surface area is 169 Å². The van der Waals surface area contributed by atoms with Gasteiger partial charge in [0.15, 0.2) is 5.16 Å². The van der Waals surface area contributed by atoms with E-state index in [1.165, 1.54) is 16.3 Å². The summed E-state index contributed by atoms with van der Waals surface area (Å²) in [6.07, 6.45) is 3.76. The molecule has 0 aliphatic heterocycles. The van der Waals surface area contributed by atoms with E-state index in [4.69, 9.17) is 11.6 Å². The van der Waals surface area contributed by atoms with Crippen LogP contribution in [0.3, 0.4) is 0 Å². The molecule has 0 spiro atoms. The zero-order valence-electron chi connectivity index (χ0n) is 14.4. The first-order valence-electron chi connectivity index (χ1n) is 8.27. The molecule has 0 atom stereocenters. The highest BCUT2D eigenvalue weighted by molar-refractivity contribution is 7.98. The maximum absolute atomic E-state index is 12.5. The van der Waals surface area contributed by atoms with Gasteiger partial charge in [0.25, 0.3) is 5.56 Å². The van der Waals surface area contributed by atoms with Crippen LogP contribution in [0.15, 0.2) is 70.9 Å². The Balaban J connectivity index is 1.74. The van der Waals surface area contributed by atoms with Gasteiger partial charge >= 0.3 is 0 Å². The molecule has 0 aliphatic carbocycles. The molecular weight excluding hydrogens is 396 g/mol. The standard InChI is InChI=1S/C20H13ClN4O2S/c21-14-4-6-15(7-5-14)25-19(27)9-18(26)23-20(25)28-12-13-11-24-8-2-1-3-17(24)16(13)10-22/h1-9,11,26H,12H2. The van der Waals surface area contributed by atoms with Gasteiger partial charge in [0.1, 0.15) is 6.07 Å². The molecule has 0 fully saturated rings. The van der Waals surface area contributed by atoms with E-state index in [-0.39, 0.29) is 5.88 Å². The van der Waals surface area contributed by atoms with Gasteiger partial charge in [-0.3, -0.25) is 9.36 Å². The van der Waals surface area contributed by atoms with Gasteiger partial charge < -0.3 is 9.51 Å². The predicted molar refractivity (Wildman–Crippen MR) is 108 cm³/mol. The molecule has 3 heterocycles. The summed E-state index contributed by atoms with van der Waals surface area (Å²) in [6, 6.07) is 15.7. The molecule has 4 aromatic rings. The zero-order chi connectivity index (χ0) is 19.7. The SMILES string of the molecule is N#Cc1c(CSc2nc(O)cc(=O)n2-c2ccc(Cl)cc2)cn2ccccc12. The molecule has 1 aromatic carbocycles. The molecule has 4 rings (SSSR count). The lowest BCUT2D eigenvalue weighted by Crippen LogP contribution is -2.20. The molecule has 0 aliphatic rings. The largest absolute Gasteiger partial charge is 0.493 e. The van der Waals surface area contributed by atoms with E-state index in [1.807, 2.05) is 35.0 Å². The van der Waals surface area contributed by atoms with Crippen molar-refractivity contribution in [2.45, 2.75) is 10.9 Å². The Morgan fingerprint density at radius 3 is 2.75 bits per heavy atom. The summed E-state index contributed by atoms with van der Waals surface area (Å²) in [5, 5.41) is 20.2. The van der Waals surface area contributed by atoms with Gasteiger partial charge in [-0.15, -0.1) is 0 Å². The highest BCUT2D eigenvalue weighted by Gasteiger charge is 2.15. The molecule has 0 saturated carbocycles. The molecular formula is C20H13ClN4O2S. The summed E-state index contributed by atoms with van der Waals surface area (Å²) in [4.78, 5) is 16.6. The highest BCUT2D eigenvalue weighted by atomic mass is 35.5. The molecule has 0 bridgehead atoms. The average Bonchev–Trinajstić information content (AvgIpc) is 3.04. The Morgan fingerprint density at radius 1 is 1.21 bits per heavy atom. The van der Waals surface area contributed by atoms with Crippen molar-refractivity contribution in [3.63, 3.8) is 0 Å². The van der Waals surface area contributed by atoms with E-state index < -0.39 is 5.56 Å². The van der Waals surface area contributed by atoms with E-state index in [1.54, 1.807) is 24.3 Å². The fourth-order valence-corrected chi connectivity index (χ4v) is 4.04. The number of hydrogen-bond donors (Lipinski definition) is 1. The summed E-state index contributed by atoms with van der Waals surface area (Å²) >= 11 is 7.20. The van der Waals surface area contributed by atoms with E-state index in [9.17, 15) is 15.2 Å². The van der Waals surface area contributed by atoms with Crippen molar-refractivity contribution in [3.05, 3.63) is 87.4 Å². The average molecular weight is 409 g/mol. The smallest absolute Gasteiger partial charge is 0.262 e. The molecule has 138 valence electrons. The maximum Gasteiger partial charge on any atom is 0.262 e. The van der Waals surface area contributed by atoms with Gasteiger partial charge in [-0.1, -0.05) is 29.4 Å². The van der Waals surface area contributed by atoms with Crippen molar-refractivity contribution in [1.29, 1.82) is 5.26 Å². The number of nitriles is 1. The van der Waals surface area contributed by atoms with E-state index in [0.29, 0.717) is 27.2 Å². The minimum Gasteiger partial charge on any atom is -0.493 e. The van der Waals surface area contributed by atoms with E-state index >= 15 is 0 Å². The summed E-state index contributed by atoms with van der Waals surface area (Å²) in [5.74, 6) is 0.0638. The summed E-state index contributed by atoms with van der Waals surface area (Å²) in [7, 11) is 0. The van der Waals surface area contributed by atoms with Gasteiger partial charge in [-0.05, 0) is 42.0 Å². The number of halogens is 1. The van der Waals surface area contributed by atoms with Gasteiger partial charge in [0.2, 0.25) is 5.88 Å². The lowest BCUT2D eigenvalue weighted by molar-refractivity contribution is 0.440. The van der Waals surface area contributed by atoms with Gasteiger partial charge in [-0.25, -0.2) is 0 Å². The van der Waals surface area contributed by atoms with Crippen LogP contribution in [-0.4, -0.2) is 19.1 Å². The van der Waals surface area contributed by atoms with E-state index in [2.05, 4.69) is 11.1 Å². The Bertz CT molecular complexity index is 1270.